The van der Waals surface area contributed by atoms with Crippen LogP contribution in [0.2, 0.25) is 0 Å². The molecule has 174 valence electrons. The summed E-state index contributed by atoms with van der Waals surface area (Å²) in [5.74, 6) is -6.12. The molecule has 1 aromatic carbocycles. The van der Waals surface area contributed by atoms with Crippen molar-refractivity contribution >= 4 is 16.8 Å². The molecule has 0 saturated carbocycles. The first-order valence-electron chi connectivity index (χ1n) is 9.93. The molecule has 11 heteroatoms. The number of ether oxygens (including phenoxy) is 2. The molecule has 1 amide bonds. The van der Waals surface area contributed by atoms with E-state index in [0.717, 1.165) is 6.07 Å². The van der Waals surface area contributed by atoms with Crippen LogP contribution in [0.5, 0.6) is 0 Å². The minimum atomic E-state index is -3.02. The van der Waals surface area contributed by atoms with Crippen molar-refractivity contribution in [1.29, 1.82) is 0 Å². The second-order valence-corrected chi connectivity index (χ2v) is 7.76. The van der Waals surface area contributed by atoms with Crippen LogP contribution in [0.1, 0.15) is 27.5 Å². The Morgan fingerprint density at radius 3 is 2.70 bits per heavy atom. The van der Waals surface area contributed by atoms with Crippen molar-refractivity contribution in [3.05, 3.63) is 75.3 Å². The number of benzene rings is 1. The number of aromatic nitrogens is 2. The molecular weight excluding hydrogens is 446 g/mol. The molecule has 4 heterocycles. The van der Waals surface area contributed by atoms with E-state index in [2.05, 4.69) is 9.97 Å². The van der Waals surface area contributed by atoms with Crippen LogP contribution in [-0.2, 0) is 9.47 Å². The lowest BCUT2D eigenvalue weighted by molar-refractivity contribution is -0.0946. The van der Waals surface area contributed by atoms with E-state index in [4.69, 9.17) is 15.2 Å². The summed E-state index contributed by atoms with van der Waals surface area (Å²) in [4.78, 5) is 29.0. The van der Waals surface area contributed by atoms with E-state index in [1.807, 2.05) is 0 Å². The number of H-pyrrole nitrogens is 1. The molecule has 2 aliphatic heterocycles. The van der Waals surface area contributed by atoms with E-state index < -0.39 is 48.2 Å². The second kappa shape index (κ2) is 8.56. The van der Waals surface area contributed by atoms with Gasteiger partial charge in [0.2, 0.25) is 0 Å². The molecule has 2 aromatic heterocycles. The van der Waals surface area contributed by atoms with Gasteiger partial charge in [0, 0.05) is 24.4 Å². The molecular formula is C22H19F4N3O4. The fraction of sp³-hybridized carbons (Fsp3) is 0.318. The first kappa shape index (κ1) is 22.9. The molecule has 2 saturated heterocycles. The minimum Gasteiger partial charge on any atom is -0.368 e. The van der Waals surface area contributed by atoms with Crippen molar-refractivity contribution in [2.24, 2.45) is 5.73 Å². The largest absolute Gasteiger partial charge is 0.368 e. The molecule has 0 radical (unpaired) electrons. The molecule has 0 bridgehead atoms. The molecule has 7 nitrogen and oxygen atoms in total. The average molecular weight is 465 g/mol. The highest BCUT2D eigenvalue weighted by molar-refractivity contribution is 6.03. The van der Waals surface area contributed by atoms with Crippen LogP contribution in [0.4, 0.5) is 17.6 Å². The van der Waals surface area contributed by atoms with E-state index >= 15 is 0 Å². The maximum Gasteiger partial charge on any atom is 0.299 e. The fourth-order valence-corrected chi connectivity index (χ4v) is 4.11. The van der Waals surface area contributed by atoms with Gasteiger partial charge in [-0.3, -0.25) is 14.6 Å². The monoisotopic (exact) mass is 465 g/mol. The minimum absolute atomic E-state index is 0.00403. The maximum absolute atomic E-state index is 13.5. The standard InChI is InChI=1S/C13H12F4O2.C9H7N3O2/c1-6-7(2-3-9(14)10(6)15)8-4-18-12-11(8)19-5-13(12,16)17;10-9(14)8-7-5(1-3-12-8)11-4-2-6(7)13/h2-3,8,11-12H,4-5H2,1H3;1-4H,(H2,10,14)(H,11,13)/t8?,11-,12+;/m1./s1. The van der Waals surface area contributed by atoms with Gasteiger partial charge in [-0.1, -0.05) is 6.07 Å². The Labute approximate surface area is 184 Å². The van der Waals surface area contributed by atoms with E-state index in [1.165, 1.54) is 31.5 Å². The summed E-state index contributed by atoms with van der Waals surface area (Å²) in [6, 6.07) is 5.35. The Hall–Kier alpha value is -3.31. The van der Waals surface area contributed by atoms with Crippen molar-refractivity contribution in [1.82, 2.24) is 9.97 Å². The third-order valence-corrected chi connectivity index (χ3v) is 5.72. The van der Waals surface area contributed by atoms with Gasteiger partial charge in [-0.15, -0.1) is 0 Å². The van der Waals surface area contributed by atoms with Gasteiger partial charge in [0.1, 0.15) is 12.3 Å². The zero-order valence-corrected chi connectivity index (χ0v) is 17.3. The molecule has 0 aliphatic carbocycles. The zero-order chi connectivity index (χ0) is 23.9. The van der Waals surface area contributed by atoms with Crippen molar-refractivity contribution in [3.8, 4) is 0 Å². The van der Waals surface area contributed by atoms with Gasteiger partial charge in [-0.25, -0.2) is 17.6 Å². The number of amides is 1. The van der Waals surface area contributed by atoms with Gasteiger partial charge in [-0.2, -0.15) is 0 Å². The van der Waals surface area contributed by atoms with Gasteiger partial charge in [0.05, 0.1) is 23.6 Å². The molecule has 2 fully saturated rings. The number of nitrogens with zero attached hydrogens (tertiary/aromatic N) is 1. The number of aromatic amines is 1. The van der Waals surface area contributed by atoms with Crippen molar-refractivity contribution in [2.45, 2.75) is 31.0 Å². The molecule has 1 unspecified atom stereocenters. The quantitative estimate of drug-likeness (QED) is 0.566. The number of hydrogen-bond donors (Lipinski definition) is 2. The molecule has 33 heavy (non-hydrogen) atoms. The summed E-state index contributed by atoms with van der Waals surface area (Å²) in [6.07, 6.45) is 0.830. The Morgan fingerprint density at radius 1 is 1.21 bits per heavy atom. The van der Waals surface area contributed by atoms with Crippen LogP contribution in [0.25, 0.3) is 10.9 Å². The number of rotatable bonds is 2. The summed E-state index contributed by atoms with van der Waals surface area (Å²) in [7, 11) is 0. The van der Waals surface area contributed by atoms with Gasteiger partial charge in [0.25, 0.3) is 11.8 Å². The number of fused-ring (bicyclic) bond motifs is 2. The Kier molecular flexibility index (Phi) is 5.93. The lowest BCUT2D eigenvalue weighted by Crippen LogP contribution is -2.34. The van der Waals surface area contributed by atoms with Crippen molar-refractivity contribution in [2.75, 3.05) is 13.2 Å². The Balaban J connectivity index is 0.000000165. The number of alkyl halides is 2. The summed E-state index contributed by atoms with van der Waals surface area (Å²) in [5, 5.41) is 0.238. The molecule has 3 atom stereocenters. The van der Waals surface area contributed by atoms with Gasteiger partial charge < -0.3 is 20.2 Å². The normalized spacial score (nSPS) is 23.1. The average Bonchev–Trinajstić information content (AvgIpc) is 3.33. The van der Waals surface area contributed by atoms with E-state index in [0.29, 0.717) is 11.1 Å². The number of halogens is 4. The number of nitrogens with two attached hydrogens (primary N) is 1. The molecule has 3 aromatic rings. The van der Waals surface area contributed by atoms with Crippen LogP contribution in [0, 0.1) is 18.6 Å². The molecule has 3 N–H and O–H groups in total. The highest BCUT2D eigenvalue weighted by Crippen LogP contribution is 2.45. The molecule has 0 spiro atoms. The molecule has 5 rings (SSSR count). The number of carbonyl (C=O) groups is 1. The lowest BCUT2D eigenvalue weighted by Gasteiger charge is -2.18. The van der Waals surface area contributed by atoms with E-state index in [1.54, 1.807) is 6.07 Å². The zero-order valence-electron chi connectivity index (χ0n) is 17.3. The number of primary amides is 1. The Bertz CT molecular complexity index is 1270. The number of nitrogens with one attached hydrogen (secondary N) is 1. The summed E-state index contributed by atoms with van der Waals surface area (Å²) >= 11 is 0. The highest BCUT2D eigenvalue weighted by Gasteiger charge is 2.58. The SMILES string of the molecule is Cc1c(C2CO[C@H]3[C@@H]2OCC3(F)F)ccc(F)c1F.NC(=O)c1nccc2[nH]ccc(=O)c12. The van der Waals surface area contributed by atoms with Crippen molar-refractivity contribution in [3.63, 3.8) is 0 Å². The first-order valence-corrected chi connectivity index (χ1v) is 9.93. The number of hydrogen-bond acceptors (Lipinski definition) is 5. The third-order valence-electron chi connectivity index (χ3n) is 5.72. The van der Waals surface area contributed by atoms with Crippen LogP contribution < -0.4 is 11.2 Å². The van der Waals surface area contributed by atoms with Gasteiger partial charge in [0.15, 0.2) is 23.2 Å². The third kappa shape index (κ3) is 4.09. The first-order chi connectivity index (χ1) is 15.6. The van der Waals surface area contributed by atoms with Crippen LogP contribution >= 0.6 is 0 Å². The highest BCUT2D eigenvalue weighted by atomic mass is 19.3. The fourth-order valence-electron chi connectivity index (χ4n) is 4.11. The van der Waals surface area contributed by atoms with Crippen LogP contribution in [0.3, 0.4) is 0 Å². The summed E-state index contributed by atoms with van der Waals surface area (Å²) in [6.45, 7) is 0.757. The van der Waals surface area contributed by atoms with Crippen LogP contribution in [0.15, 0.2) is 41.5 Å². The maximum atomic E-state index is 13.5. The summed E-state index contributed by atoms with van der Waals surface area (Å²) in [5.41, 5.74) is 5.97. The lowest BCUT2D eigenvalue weighted by atomic mass is 9.89. The van der Waals surface area contributed by atoms with E-state index in [-0.39, 0.29) is 28.7 Å². The van der Waals surface area contributed by atoms with Gasteiger partial charge in [-0.05, 0) is 30.2 Å². The number of pyridine rings is 2. The van der Waals surface area contributed by atoms with Crippen LogP contribution in [-0.4, -0.2) is 47.2 Å². The smallest absolute Gasteiger partial charge is 0.299 e. The Morgan fingerprint density at radius 2 is 1.97 bits per heavy atom. The van der Waals surface area contributed by atoms with E-state index in [9.17, 15) is 27.2 Å². The second-order valence-electron chi connectivity index (χ2n) is 7.76. The molecule has 2 aliphatic rings. The predicted octanol–water partition coefficient (Wildman–Crippen LogP) is 2.81. The number of carbonyl (C=O) groups excluding carboxylic acids is 1. The predicted molar refractivity (Wildman–Crippen MR) is 109 cm³/mol. The topological polar surface area (TPSA) is 107 Å². The van der Waals surface area contributed by atoms with Crippen molar-refractivity contribution < 1.29 is 31.8 Å². The van der Waals surface area contributed by atoms with Gasteiger partial charge >= 0.3 is 0 Å². The summed E-state index contributed by atoms with van der Waals surface area (Å²) < 4.78 is 63.7.